The van der Waals surface area contributed by atoms with Crippen LogP contribution in [0.2, 0.25) is 0 Å². The Bertz CT molecular complexity index is 82.9. The quantitative estimate of drug-likeness (QED) is 0.590. The molecule has 0 aromatic rings. The molecule has 1 aliphatic rings. The Labute approximate surface area is 70.8 Å². The Balaban J connectivity index is 2.15. The zero-order valence-electron chi connectivity index (χ0n) is 7.52. The summed E-state index contributed by atoms with van der Waals surface area (Å²) in [4.78, 5) is 2.56. The van der Waals surface area contributed by atoms with E-state index in [2.05, 4.69) is 11.8 Å². The van der Waals surface area contributed by atoms with Gasteiger partial charge in [-0.25, -0.2) is 0 Å². The van der Waals surface area contributed by atoms with Gasteiger partial charge in [0.05, 0.1) is 0 Å². The van der Waals surface area contributed by atoms with Crippen LogP contribution in [-0.2, 0) is 0 Å². The SMILES string of the molecule is [CH2]CCN1CCCCCCC1. The van der Waals surface area contributed by atoms with Crippen molar-refractivity contribution in [1.82, 2.24) is 4.90 Å². The number of rotatable bonds is 2. The predicted octanol–water partition coefficient (Wildman–Crippen LogP) is 2.48. The summed E-state index contributed by atoms with van der Waals surface area (Å²) in [5.41, 5.74) is 0. The summed E-state index contributed by atoms with van der Waals surface area (Å²) in [6.45, 7) is 7.73. The number of hydrogen-bond acceptors (Lipinski definition) is 1. The molecule has 65 valence electrons. The molecule has 1 rings (SSSR count). The normalized spacial score (nSPS) is 22.6. The molecule has 11 heavy (non-hydrogen) atoms. The second-order valence-corrected chi connectivity index (χ2v) is 3.46. The van der Waals surface area contributed by atoms with Crippen molar-refractivity contribution >= 4 is 0 Å². The van der Waals surface area contributed by atoms with Gasteiger partial charge in [0.1, 0.15) is 0 Å². The second kappa shape index (κ2) is 5.59. The van der Waals surface area contributed by atoms with Crippen LogP contribution < -0.4 is 0 Å². The molecule has 0 unspecified atom stereocenters. The Morgan fingerprint density at radius 1 is 0.909 bits per heavy atom. The molecule has 0 atom stereocenters. The first kappa shape index (κ1) is 9.05. The summed E-state index contributed by atoms with van der Waals surface area (Å²) in [5.74, 6) is 0. The molecule has 1 fully saturated rings. The summed E-state index contributed by atoms with van der Waals surface area (Å²) >= 11 is 0. The van der Waals surface area contributed by atoms with Gasteiger partial charge >= 0.3 is 0 Å². The average molecular weight is 154 g/mol. The van der Waals surface area contributed by atoms with Crippen LogP contribution in [0.5, 0.6) is 0 Å². The largest absolute Gasteiger partial charge is 0.303 e. The van der Waals surface area contributed by atoms with E-state index in [1.54, 1.807) is 0 Å². The van der Waals surface area contributed by atoms with Crippen molar-refractivity contribution in [2.24, 2.45) is 0 Å². The molecule has 0 saturated carbocycles. The fraction of sp³-hybridized carbons (Fsp3) is 0.900. The van der Waals surface area contributed by atoms with Gasteiger partial charge in [-0.1, -0.05) is 26.2 Å². The molecule has 1 heterocycles. The third-order valence-corrected chi connectivity index (χ3v) is 2.42. The third-order valence-electron chi connectivity index (χ3n) is 2.42. The molecule has 0 spiro atoms. The van der Waals surface area contributed by atoms with Gasteiger partial charge in [-0.15, -0.1) is 0 Å². The van der Waals surface area contributed by atoms with Gasteiger partial charge < -0.3 is 4.90 Å². The molecule has 0 bridgehead atoms. The van der Waals surface area contributed by atoms with Gasteiger partial charge in [0.2, 0.25) is 0 Å². The standard InChI is InChI=1S/C10H20N/c1-2-8-11-9-6-4-3-5-7-10-11/h1-10H2. The number of nitrogens with zero attached hydrogens (tertiary/aromatic N) is 1. The topological polar surface area (TPSA) is 3.24 Å². The Kier molecular flexibility index (Phi) is 4.60. The molecule has 0 N–H and O–H groups in total. The van der Waals surface area contributed by atoms with Gasteiger partial charge in [-0.3, -0.25) is 0 Å². The van der Waals surface area contributed by atoms with Crippen LogP contribution in [0.15, 0.2) is 0 Å². The molecule has 0 aromatic carbocycles. The Morgan fingerprint density at radius 3 is 2.00 bits per heavy atom. The minimum absolute atomic E-state index is 1.07. The average Bonchev–Trinajstić information content (AvgIpc) is 1.94. The van der Waals surface area contributed by atoms with Gasteiger partial charge in [0.15, 0.2) is 0 Å². The van der Waals surface area contributed by atoms with Gasteiger partial charge in [-0.05, 0) is 38.9 Å². The molecule has 0 aliphatic carbocycles. The molecule has 1 nitrogen and oxygen atoms in total. The van der Waals surface area contributed by atoms with Crippen molar-refractivity contribution in [3.05, 3.63) is 6.92 Å². The zero-order chi connectivity index (χ0) is 7.94. The lowest BCUT2D eigenvalue weighted by atomic mass is 10.1. The fourth-order valence-electron chi connectivity index (χ4n) is 1.76. The molecule has 1 radical (unpaired) electrons. The third kappa shape index (κ3) is 3.76. The Hall–Kier alpha value is -0.0400. The van der Waals surface area contributed by atoms with Crippen molar-refractivity contribution in [1.29, 1.82) is 0 Å². The van der Waals surface area contributed by atoms with Crippen molar-refractivity contribution in [2.45, 2.75) is 38.5 Å². The van der Waals surface area contributed by atoms with Crippen molar-refractivity contribution in [2.75, 3.05) is 19.6 Å². The second-order valence-electron chi connectivity index (χ2n) is 3.46. The fourth-order valence-corrected chi connectivity index (χ4v) is 1.76. The smallest absolute Gasteiger partial charge is 0.00187 e. The molecular weight excluding hydrogens is 134 g/mol. The molecule has 1 saturated heterocycles. The highest BCUT2D eigenvalue weighted by atomic mass is 15.1. The monoisotopic (exact) mass is 154 g/mol. The van der Waals surface area contributed by atoms with Crippen LogP contribution in [0.25, 0.3) is 0 Å². The molecule has 1 aliphatic heterocycles. The molecular formula is C10H20N. The van der Waals surface area contributed by atoms with Crippen LogP contribution in [-0.4, -0.2) is 24.5 Å². The number of likely N-dealkylation sites (tertiary alicyclic amines) is 1. The first-order valence-corrected chi connectivity index (χ1v) is 4.95. The Morgan fingerprint density at radius 2 is 1.45 bits per heavy atom. The maximum atomic E-state index is 3.89. The highest BCUT2D eigenvalue weighted by Gasteiger charge is 2.05. The number of hydrogen-bond donors (Lipinski definition) is 0. The van der Waals surface area contributed by atoms with E-state index < -0.39 is 0 Å². The minimum Gasteiger partial charge on any atom is -0.303 e. The maximum Gasteiger partial charge on any atom is -0.00187 e. The van der Waals surface area contributed by atoms with Crippen LogP contribution in [0, 0.1) is 6.92 Å². The summed E-state index contributed by atoms with van der Waals surface area (Å²) in [6.07, 6.45) is 8.21. The first-order chi connectivity index (χ1) is 5.43. The van der Waals surface area contributed by atoms with Crippen molar-refractivity contribution in [3.63, 3.8) is 0 Å². The van der Waals surface area contributed by atoms with Crippen LogP contribution in [0.1, 0.15) is 38.5 Å². The molecule has 0 aromatic heterocycles. The summed E-state index contributed by atoms with van der Waals surface area (Å²) in [7, 11) is 0. The van der Waals surface area contributed by atoms with Gasteiger partial charge in [0.25, 0.3) is 0 Å². The van der Waals surface area contributed by atoms with E-state index in [-0.39, 0.29) is 0 Å². The minimum atomic E-state index is 1.07. The summed E-state index contributed by atoms with van der Waals surface area (Å²) in [5, 5.41) is 0. The van der Waals surface area contributed by atoms with E-state index >= 15 is 0 Å². The summed E-state index contributed by atoms with van der Waals surface area (Å²) < 4.78 is 0. The molecule has 1 heteroatoms. The lowest BCUT2D eigenvalue weighted by Gasteiger charge is -2.23. The predicted molar refractivity (Wildman–Crippen MR) is 49.5 cm³/mol. The van der Waals surface area contributed by atoms with E-state index in [0.29, 0.717) is 0 Å². The highest BCUT2D eigenvalue weighted by molar-refractivity contribution is 4.62. The van der Waals surface area contributed by atoms with E-state index in [9.17, 15) is 0 Å². The van der Waals surface area contributed by atoms with E-state index in [1.807, 2.05) is 0 Å². The van der Waals surface area contributed by atoms with Crippen LogP contribution >= 0.6 is 0 Å². The summed E-state index contributed by atoms with van der Waals surface area (Å²) in [6, 6.07) is 0. The lowest BCUT2D eigenvalue weighted by molar-refractivity contribution is 0.251. The molecule has 0 amide bonds. The van der Waals surface area contributed by atoms with Crippen LogP contribution in [0.3, 0.4) is 0 Å². The van der Waals surface area contributed by atoms with Crippen molar-refractivity contribution in [3.8, 4) is 0 Å². The first-order valence-electron chi connectivity index (χ1n) is 4.95. The lowest BCUT2D eigenvalue weighted by Crippen LogP contribution is -2.27. The van der Waals surface area contributed by atoms with E-state index in [1.165, 1.54) is 51.7 Å². The zero-order valence-corrected chi connectivity index (χ0v) is 7.52. The van der Waals surface area contributed by atoms with E-state index in [4.69, 9.17) is 0 Å². The van der Waals surface area contributed by atoms with Crippen molar-refractivity contribution < 1.29 is 0 Å². The maximum absolute atomic E-state index is 3.89. The highest BCUT2D eigenvalue weighted by Crippen LogP contribution is 2.10. The van der Waals surface area contributed by atoms with Gasteiger partial charge in [-0.2, -0.15) is 0 Å². The van der Waals surface area contributed by atoms with E-state index in [0.717, 1.165) is 6.42 Å². The van der Waals surface area contributed by atoms with Gasteiger partial charge in [0, 0.05) is 0 Å². The van der Waals surface area contributed by atoms with Crippen LogP contribution in [0.4, 0.5) is 0 Å².